The molecule has 25 heavy (non-hydrogen) atoms. The zero-order valence-corrected chi connectivity index (χ0v) is 15.5. The summed E-state index contributed by atoms with van der Waals surface area (Å²) in [6.45, 7) is 1.93. The van der Waals surface area contributed by atoms with Gasteiger partial charge in [-0.05, 0) is 43.7 Å². The highest BCUT2D eigenvalue weighted by Gasteiger charge is 2.26. The highest BCUT2D eigenvalue weighted by atomic mass is 32.1. The highest BCUT2D eigenvalue weighted by Crippen LogP contribution is 2.32. The molecule has 1 saturated carbocycles. The summed E-state index contributed by atoms with van der Waals surface area (Å²) in [7, 11) is 0. The number of aromatic nitrogens is 1. The van der Waals surface area contributed by atoms with E-state index in [1.807, 2.05) is 13.0 Å². The van der Waals surface area contributed by atoms with Crippen LogP contribution in [0.4, 0.5) is 5.13 Å². The fourth-order valence-electron chi connectivity index (χ4n) is 4.02. The summed E-state index contributed by atoms with van der Waals surface area (Å²) >= 11 is 1.49. The number of carbonyl (C=O) groups is 1. The molecule has 1 heterocycles. The quantitative estimate of drug-likeness (QED) is 0.842. The zero-order valence-electron chi connectivity index (χ0n) is 14.7. The Kier molecular flexibility index (Phi) is 4.75. The van der Waals surface area contributed by atoms with Crippen LogP contribution in [0.15, 0.2) is 24.3 Å². The third kappa shape index (κ3) is 3.56. The molecule has 4 rings (SSSR count). The van der Waals surface area contributed by atoms with Gasteiger partial charge in [0.2, 0.25) is 0 Å². The Labute approximate surface area is 153 Å². The lowest BCUT2D eigenvalue weighted by Gasteiger charge is -2.22. The number of hydrogen-bond acceptors (Lipinski definition) is 4. The monoisotopic (exact) mass is 355 g/mol. The number of anilines is 1. The first-order valence-corrected chi connectivity index (χ1v) is 10.1. The number of hydrogen-bond donors (Lipinski definition) is 2. The number of nitrogens with one attached hydrogen (secondary N) is 2. The Bertz CT molecular complexity index is 764. The first-order chi connectivity index (χ1) is 12.2. The van der Waals surface area contributed by atoms with Crippen molar-refractivity contribution in [3.8, 4) is 0 Å². The van der Waals surface area contributed by atoms with E-state index in [-0.39, 0.29) is 11.9 Å². The standard InChI is InChI=1S/C20H25N3OS/c1-13-18(25-20(21-13)22-15-8-3-2-4-9-15)19(24)23-17-12-11-14-7-5-6-10-16(14)17/h5-7,10,15,17H,2-4,8-9,11-12H2,1H3,(H,21,22)(H,23,24)/t17-/m0/s1. The minimum atomic E-state index is 0.00778. The normalized spacial score (nSPS) is 20.3. The van der Waals surface area contributed by atoms with E-state index >= 15 is 0 Å². The molecule has 0 radical (unpaired) electrons. The first-order valence-electron chi connectivity index (χ1n) is 9.33. The second-order valence-electron chi connectivity index (χ2n) is 7.18. The van der Waals surface area contributed by atoms with Gasteiger partial charge >= 0.3 is 0 Å². The third-order valence-electron chi connectivity index (χ3n) is 5.37. The maximum absolute atomic E-state index is 12.8. The van der Waals surface area contributed by atoms with Crippen molar-refractivity contribution < 1.29 is 4.79 Å². The number of thiazole rings is 1. The van der Waals surface area contributed by atoms with Crippen molar-refractivity contribution in [2.75, 3.05) is 5.32 Å². The number of nitrogens with zero attached hydrogens (tertiary/aromatic N) is 1. The molecule has 0 unspecified atom stereocenters. The minimum Gasteiger partial charge on any atom is -0.359 e. The van der Waals surface area contributed by atoms with Crippen molar-refractivity contribution in [3.05, 3.63) is 46.0 Å². The van der Waals surface area contributed by atoms with Crippen LogP contribution in [0.1, 0.15) is 71.1 Å². The molecule has 2 N–H and O–H groups in total. The Morgan fingerprint density at radius 2 is 1.96 bits per heavy atom. The molecule has 2 aromatic rings. The van der Waals surface area contributed by atoms with Crippen molar-refractivity contribution in [2.24, 2.45) is 0 Å². The number of rotatable bonds is 4. The maximum atomic E-state index is 12.8. The van der Waals surface area contributed by atoms with Gasteiger partial charge in [-0.2, -0.15) is 0 Å². The van der Waals surface area contributed by atoms with Crippen LogP contribution in [-0.2, 0) is 6.42 Å². The Balaban J connectivity index is 1.44. The molecule has 1 atom stereocenters. The Morgan fingerprint density at radius 3 is 2.80 bits per heavy atom. The maximum Gasteiger partial charge on any atom is 0.263 e. The SMILES string of the molecule is Cc1nc(NC2CCCCC2)sc1C(=O)N[C@H]1CCc2ccccc21. The summed E-state index contributed by atoms with van der Waals surface area (Å²) in [5, 5.41) is 7.64. The number of benzene rings is 1. The summed E-state index contributed by atoms with van der Waals surface area (Å²) in [5.41, 5.74) is 3.44. The van der Waals surface area contributed by atoms with Crippen molar-refractivity contribution in [3.63, 3.8) is 0 Å². The van der Waals surface area contributed by atoms with Crippen molar-refractivity contribution in [1.82, 2.24) is 10.3 Å². The lowest BCUT2D eigenvalue weighted by Crippen LogP contribution is -2.26. The van der Waals surface area contributed by atoms with E-state index in [4.69, 9.17) is 0 Å². The van der Waals surface area contributed by atoms with Gasteiger partial charge in [0.1, 0.15) is 4.88 Å². The number of amides is 1. The van der Waals surface area contributed by atoms with Crippen LogP contribution < -0.4 is 10.6 Å². The fraction of sp³-hybridized carbons (Fsp3) is 0.500. The van der Waals surface area contributed by atoms with Gasteiger partial charge in [-0.1, -0.05) is 54.9 Å². The molecule has 4 nitrogen and oxygen atoms in total. The second kappa shape index (κ2) is 7.16. The van der Waals surface area contributed by atoms with E-state index < -0.39 is 0 Å². The van der Waals surface area contributed by atoms with Crippen LogP contribution in [0.5, 0.6) is 0 Å². The van der Waals surface area contributed by atoms with Crippen molar-refractivity contribution >= 4 is 22.4 Å². The Hall–Kier alpha value is -1.88. The molecule has 5 heteroatoms. The van der Waals surface area contributed by atoms with Crippen LogP contribution >= 0.6 is 11.3 Å². The van der Waals surface area contributed by atoms with Gasteiger partial charge in [0, 0.05) is 6.04 Å². The van der Waals surface area contributed by atoms with Gasteiger partial charge in [-0.3, -0.25) is 4.79 Å². The van der Waals surface area contributed by atoms with Crippen molar-refractivity contribution in [1.29, 1.82) is 0 Å². The topological polar surface area (TPSA) is 54.0 Å². The minimum absolute atomic E-state index is 0.00778. The molecule has 0 bridgehead atoms. The fourth-order valence-corrected chi connectivity index (χ4v) is 4.97. The molecule has 0 aliphatic heterocycles. The molecule has 0 saturated heterocycles. The van der Waals surface area contributed by atoms with E-state index in [2.05, 4.69) is 33.8 Å². The highest BCUT2D eigenvalue weighted by molar-refractivity contribution is 7.17. The number of aryl methyl sites for hydroxylation is 2. The number of carbonyl (C=O) groups excluding carboxylic acids is 1. The average Bonchev–Trinajstić information content (AvgIpc) is 3.20. The smallest absolute Gasteiger partial charge is 0.263 e. The second-order valence-corrected chi connectivity index (χ2v) is 8.18. The lowest BCUT2D eigenvalue weighted by molar-refractivity contribution is 0.0940. The van der Waals surface area contributed by atoms with E-state index in [0.717, 1.165) is 28.5 Å². The van der Waals surface area contributed by atoms with Gasteiger partial charge in [0.25, 0.3) is 5.91 Å². The average molecular weight is 356 g/mol. The van der Waals surface area contributed by atoms with Crippen LogP contribution in [-0.4, -0.2) is 16.9 Å². The molecular formula is C20H25N3OS. The lowest BCUT2D eigenvalue weighted by atomic mass is 9.96. The van der Waals surface area contributed by atoms with Crippen LogP contribution in [0.25, 0.3) is 0 Å². The molecule has 2 aliphatic carbocycles. The molecule has 0 spiro atoms. The number of fused-ring (bicyclic) bond motifs is 1. The summed E-state index contributed by atoms with van der Waals surface area (Å²) in [4.78, 5) is 18.1. The van der Waals surface area contributed by atoms with Gasteiger partial charge in [-0.15, -0.1) is 0 Å². The summed E-state index contributed by atoms with van der Waals surface area (Å²) in [6, 6.07) is 9.04. The van der Waals surface area contributed by atoms with Crippen molar-refractivity contribution in [2.45, 2.75) is 64.0 Å². The predicted octanol–water partition coefficient (Wildman–Crippen LogP) is 4.61. The Morgan fingerprint density at radius 1 is 1.16 bits per heavy atom. The predicted molar refractivity (Wildman–Crippen MR) is 102 cm³/mol. The van der Waals surface area contributed by atoms with E-state index in [9.17, 15) is 4.79 Å². The van der Waals surface area contributed by atoms with Gasteiger partial charge in [0.15, 0.2) is 5.13 Å². The van der Waals surface area contributed by atoms with E-state index in [1.165, 1.54) is 54.6 Å². The summed E-state index contributed by atoms with van der Waals surface area (Å²) < 4.78 is 0. The molecule has 1 fully saturated rings. The molecule has 1 amide bonds. The van der Waals surface area contributed by atoms with Gasteiger partial charge < -0.3 is 10.6 Å². The first kappa shape index (κ1) is 16.6. The molecule has 1 aromatic heterocycles. The largest absolute Gasteiger partial charge is 0.359 e. The van der Waals surface area contributed by atoms with Crippen LogP contribution in [0.3, 0.4) is 0 Å². The zero-order chi connectivity index (χ0) is 17.2. The van der Waals surface area contributed by atoms with Crippen LogP contribution in [0, 0.1) is 6.92 Å². The van der Waals surface area contributed by atoms with Crippen LogP contribution in [0.2, 0.25) is 0 Å². The molecular weight excluding hydrogens is 330 g/mol. The molecule has 132 valence electrons. The summed E-state index contributed by atoms with van der Waals surface area (Å²) in [5.74, 6) is 0.00778. The van der Waals surface area contributed by atoms with Gasteiger partial charge in [0.05, 0.1) is 11.7 Å². The van der Waals surface area contributed by atoms with E-state index in [0.29, 0.717) is 6.04 Å². The van der Waals surface area contributed by atoms with E-state index in [1.54, 1.807) is 0 Å². The molecule has 2 aliphatic rings. The summed E-state index contributed by atoms with van der Waals surface area (Å²) in [6.07, 6.45) is 8.35. The third-order valence-corrected chi connectivity index (χ3v) is 6.46. The van der Waals surface area contributed by atoms with Gasteiger partial charge in [-0.25, -0.2) is 4.98 Å². The molecule has 1 aromatic carbocycles.